The Balaban J connectivity index is 3.48. The van der Waals surface area contributed by atoms with E-state index in [1.165, 1.54) is 161 Å². The molecule has 0 radical (unpaired) electrons. The number of aliphatic hydroxyl groups is 1. The molecule has 5 heteroatoms. The zero-order chi connectivity index (χ0) is 35.3. The molecule has 1 atom stereocenters. The molecular formula is C43H84O5. The number of carbonyl (C=O) groups is 2. The topological polar surface area (TPSA) is 72.8 Å². The van der Waals surface area contributed by atoms with E-state index < -0.39 is 6.10 Å². The fraction of sp³-hybridized carbons (Fsp3) is 0.953. The lowest BCUT2D eigenvalue weighted by molar-refractivity contribution is -0.161. The molecule has 0 spiro atoms. The van der Waals surface area contributed by atoms with E-state index in [2.05, 4.69) is 27.7 Å². The number of esters is 2. The zero-order valence-corrected chi connectivity index (χ0v) is 32.9. The third kappa shape index (κ3) is 37.7. The number of ether oxygens (including phenoxy) is 2. The van der Waals surface area contributed by atoms with Crippen LogP contribution in [0.15, 0.2) is 0 Å². The Morgan fingerprint density at radius 1 is 0.417 bits per heavy atom. The van der Waals surface area contributed by atoms with Crippen LogP contribution in [0.2, 0.25) is 0 Å². The number of unbranched alkanes of at least 4 members (excludes halogenated alkanes) is 26. The van der Waals surface area contributed by atoms with Crippen molar-refractivity contribution in [3.63, 3.8) is 0 Å². The second kappa shape index (κ2) is 37.2. The Kier molecular flexibility index (Phi) is 36.3. The van der Waals surface area contributed by atoms with Crippen LogP contribution in [-0.4, -0.2) is 36.4 Å². The van der Waals surface area contributed by atoms with Gasteiger partial charge < -0.3 is 14.6 Å². The smallest absolute Gasteiger partial charge is 0.306 e. The number of hydrogen-bond donors (Lipinski definition) is 1. The summed E-state index contributed by atoms with van der Waals surface area (Å²) in [6, 6.07) is 0. The van der Waals surface area contributed by atoms with Crippen molar-refractivity contribution in [3.8, 4) is 0 Å². The molecule has 0 rings (SSSR count). The largest absolute Gasteiger partial charge is 0.462 e. The van der Waals surface area contributed by atoms with E-state index in [0.717, 1.165) is 43.9 Å². The molecule has 0 aliphatic carbocycles. The SMILES string of the molecule is CC(C)CCCCCCCCCCCCCCCCC(=O)OC[C@H](CO)OC(=O)CCCCCCCCCCCCCCCCC(C)C. The number of hydrogen-bond acceptors (Lipinski definition) is 5. The summed E-state index contributed by atoms with van der Waals surface area (Å²) in [6.45, 7) is 8.88. The van der Waals surface area contributed by atoms with Crippen LogP contribution in [0.1, 0.15) is 233 Å². The Morgan fingerprint density at radius 2 is 0.688 bits per heavy atom. The van der Waals surface area contributed by atoms with Crippen LogP contribution in [0.25, 0.3) is 0 Å². The Labute approximate surface area is 299 Å². The van der Waals surface area contributed by atoms with Gasteiger partial charge in [0.15, 0.2) is 6.10 Å². The molecule has 0 bridgehead atoms. The third-order valence-electron chi connectivity index (χ3n) is 9.76. The van der Waals surface area contributed by atoms with Gasteiger partial charge in [0.1, 0.15) is 6.61 Å². The van der Waals surface area contributed by atoms with Crippen LogP contribution in [-0.2, 0) is 19.1 Å². The Bertz CT molecular complexity index is 676. The van der Waals surface area contributed by atoms with Gasteiger partial charge in [-0.1, -0.05) is 207 Å². The van der Waals surface area contributed by atoms with Gasteiger partial charge >= 0.3 is 11.9 Å². The van der Waals surface area contributed by atoms with Crippen molar-refractivity contribution in [2.24, 2.45) is 11.8 Å². The first-order chi connectivity index (χ1) is 23.3. The number of rotatable bonds is 38. The van der Waals surface area contributed by atoms with Crippen LogP contribution in [0.4, 0.5) is 0 Å². The quantitative estimate of drug-likeness (QED) is 0.0519. The molecule has 0 saturated heterocycles. The predicted octanol–water partition coefficient (Wildman–Crippen LogP) is 13.2. The molecule has 0 aromatic carbocycles. The minimum Gasteiger partial charge on any atom is -0.462 e. The molecule has 0 amide bonds. The molecule has 0 heterocycles. The molecule has 0 aromatic heterocycles. The average molecular weight is 681 g/mol. The van der Waals surface area contributed by atoms with Gasteiger partial charge in [-0.25, -0.2) is 0 Å². The van der Waals surface area contributed by atoms with Gasteiger partial charge in [0.2, 0.25) is 0 Å². The van der Waals surface area contributed by atoms with E-state index in [1.807, 2.05) is 0 Å². The fourth-order valence-corrected chi connectivity index (χ4v) is 6.51. The summed E-state index contributed by atoms with van der Waals surface area (Å²) < 4.78 is 10.6. The lowest BCUT2D eigenvalue weighted by Gasteiger charge is -2.15. The monoisotopic (exact) mass is 681 g/mol. The lowest BCUT2D eigenvalue weighted by atomic mass is 10.0. The Hall–Kier alpha value is -1.10. The van der Waals surface area contributed by atoms with Gasteiger partial charge in [0.05, 0.1) is 6.61 Å². The summed E-state index contributed by atoms with van der Waals surface area (Å²) in [5.74, 6) is 1.13. The van der Waals surface area contributed by atoms with E-state index in [-0.39, 0.29) is 25.2 Å². The van der Waals surface area contributed by atoms with Crippen molar-refractivity contribution in [3.05, 3.63) is 0 Å². The van der Waals surface area contributed by atoms with Crippen molar-refractivity contribution in [2.75, 3.05) is 13.2 Å². The van der Waals surface area contributed by atoms with Gasteiger partial charge in [-0.05, 0) is 24.7 Å². The second-order valence-electron chi connectivity index (χ2n) is 15.7. The van der Waals surface area contributed by atoms with Crippen molar-refractivity contribution in [2.45, 2.75) is 239 Å². The summed E-state index contributed by atoms with van der Waals surface area (Å²) in [5, 5.41) is 9.57. The Morgan fingerprint density at radius 3 is 0.979 bits per heavy atom. The maximum atomic E-state index is 12.2. The normalized spacial score (nSPS) is 12.2. The van der Waals surface area contributed by atoms with Crippen molar-refractivity contribution in [1.29, 1.82) is 0 Å². The number of aliphatic hydroxyl groups excluding tert-OH is 1. The highest BCUT2D eigenvalue weighted by molar-refractivity contribution is 5.70. The highest BCUT2D eigenvalue weighted by Crippen LogP contribution is 2.17. The van der Waals surface area contributed by atoms with Crippen LogP contribution in [0.3, 0.4) is 0 Å². The maximum absolute atomic E-state index is 12.2. The first kappa shape index (κ1) is 46.9. The highest BCUT2D eigenvalue weighted by atomic mass is 16.6. The third-order valence-corrected chi connectivity index (χ3v) is 9.76. The molecule has 5 nitrogen and oxygen atoms in total. The summed E-state index contributed by atoms with van der Waals surface area (Å²) in [7, 11) is 0. The van der Waals surface area contributed by atoms with Gasteiger partial charge in [-0.3, -0.25) is 9.59 Å². The van der Waals surface area contributed by atoms with E-state index in [4.69, 9.17) is 9.47 Å². The standard InChI is InChI=1S/C43H84O5/c1-39(2)33-29-25-21-17-13-9-5-7-11-15-19-23-27-31-35-42(45)47-38-41(37-44)48-43(46)36-32-28-24-20-16-12-8-6-10-14-18-22-26-30-34-40(3)4/h39-41,44H,5-38H2,1-4H3/t41-/m0/s1. The van der Waals surface area contributed by atoms with Crippen LogP contribution in [0, 0.1) is 11.8 Å². The maximum Gasteiger partial charge on any atom is 0.306 e. The summed E-state index contributed by atoms with van der Waals surface area (Å²) >= 11 is 0. The van der Waals surface area contributed by atoms with E-state index >= 15 is 0 Å². The van der Waals surface area contributed by atoms with Gasteiger partial charge in [-0.15, -0.1) is 0 Å². The average Bonchev–Trinajstić information content (AvgIpc) is 3.05. The summed E-state index contributed by atoms with van der Waals surface area (Å²) in [6.07, 6.45) is 38.8. The summed E-state index contributed by atoms with van der Waals surface area (Å²) in [4.78, 5) is 24.3. The predicted molar refractivity (Wildman–Crippen MR) is 205 cm³/mol. The lowest BCUT2D eigenvalue weighted by Crippen LogP contribution is -2.28. The van der Waals surface area contributed by atoms with E-state index in [1.54, 1.807) is 0 Å². The first-order valence-electron chi connectivity index (χ1n) is 21.3. The van der Waals surface area contributed by atoms with Gasteiger partial charge in [0, 0.05) is 12.8 Å². The molecule has 0 aromatic rings. The molecule has 0 aliphatic heterocycles. The molecule has 0 fully saturated rings. The first-order valence-corrected chi connectivity index (χ1v) is 21.3. The fourth-order valence-electron chi connectivity index (χ4n) is 6.51. The summed E-state index contributed by atoms with van der Waals surface area (Å²) in [5.41, 5.74) is 0. The molecule has 48 heavy (non-hydrogen) atoms. The van der Waals surface area contributed by atoms with E-state index in [9.17, 15) is 14.7 Å². The van der Waals surface area contributed by atoms with Crippen molar-refractivity contribution >= 4 is 11.9 Å². The number of carbonyl (C=O) groups excluding carboxylic acids is 2. The second-order valence-corrected chi connectivity index (χ2v) is 15.7. The van der Waals surface area contributed by atoms with Gasteiger partial charge in [0.25, 0.3) is 0 Å². The van der Waals surface area contributed by atoms with Gasteiger partial charge in [-0.2, -0.15) is 0 Å². The molecule has 286 valence electrons. The van der Waals surface area contributed by atoms with Crippen LogP contribution in [0.5, 0.6) is 0 Å². The van der Waals surface area contributed by atoms with Crippen LogP contribution >= 0.6 is 0 Å². The zero-order valence-electron chi connectivity index (χ0n) is 32.9. The van der Waals surface area contributed by atoms with Crippen LogP contribution < -0.4 is 0 Å². The highest BCUT2D eigenvalue weighted by Gasteiger charge is 2.16. The van der Waals surface area contributed by atoms with Crippen molar-refractivity contribution in [1.82, 2.24) is 0 Å². The van der Waals surface area contributed by atoms with Crippen molar-refractivity contribution < 1.29 is 24.2 Å². The molecular weight excluding hydrogens is 596 g/mol. The molecule has 1 N–H and O–H groups in total. The minimum atomic E-state index is -0.763. The molecule has 0 unspecified atom stereocenters. The van der Waals surface area contributed by atoms with E-state index in [0.29, 0.717) is 12.8 Å². The minimum absolute atomic E-state index is 0.0580. The molecule has 0 saturated carbocycles. The molecule has 0 aliphatic rings.